The minimum absolute atomic E-state index is 0.135. The van der Waals surface area contributed by atoms with Gasteiger partial charge in [-0.2, -0.15) is 0 Å². The second-order valence-electron chi connectivity index (χ2n) is 7.49. The van der Waals surface area contributed by atoms with Gasteiger partial charge < -0.3 is 15.0 Å². The molecule has 0 saturated carbocycles. The maximum absolute atomic E-state index is 13.4. The van der Waals surface area contributed by atoms with E-state index in [1.165, 1.54) is 17.0 Å². The Morgan fingerprint density at radius 1 is 0.939 bits per heavy atom. The number of para-hydroxylation sites is 1. The van der Waals surface area contributed by atoms with Gasteiger partial charge in [-0.05, 0) is 35.4 Å². The monoisotopic (exact) mass is 446 g/mol. The molecule has 0 aromatic heterocycles. The molecule has 5 nitrogen and oxygen atoms in total. The number of carbonyl (C=O) groups is 2. The van der Waals surface area contributed by atoms with Gasteiger partial charge >= 0.3 is 0 Å². The number of nitrogens with one attached hydrogen (secondary N) is 1. The normalized spacial score (nSPS) is 11.3. The number of hydrogen-bond acceptors (Lipinski definition) is 3. The van der Waals surface area contributed by atoms with Crippen molar-refractivity contribution in [3.8, 4) is 5.75 Å². The molecule has 0 radical (unpaired) electrons. The summed E-state index contributed by atoms with van der Waals surface area (Å²) in [5, 5.41) is 2.81. The van der Waals surface area contributed by atoms with Crippen molar-refractivity contribution in [2.24, 2.45) is 0 Å². The summed E-state index contributed by atoms with van der Waals surface area (Å²) in [4.78, 5) is 27.9. The van der Waals surface area contributed by atoms with Gasteiger partial charge in [-0.1, -0.05) is 66.7 Å². The van der Waals surface area contributed by atoms with Crippen molar-refractivity contribution in [1.29, 1.82) is 0 Å². The Labute approximate surface area is 193 Å². The van der Waals surface area contributed by atoms with Crippen LogP contribution in [0.15, 0.2) is 97.6 Å². The number of halogens is 1. The summed E-state index contributed by atoms with van der Waals surface area (Å²) < 4.78 is 19.1. The summed E-state index contributed by atoms with van der Waals surface area (Å²) in [7, 11) is 0. The summed E-state index contributed by atoms with van der Waals surface area (Å²) >= 11 is 0. The Morgan fingerprint density at radius 2 is 1.58 bits per heavy atom. The minimum Gasteiger partial charge on any atom is -0.484 e. The van der Waals surface area contributed by atoms with Crippen LogP contribution in [0.1, 0.15) is 11.1 Å². The molecule has 0 spiro atoms. The van der Waals surface area contributed by atoms with Crippen LogP contribution in [-0.2, 0) is 22.6 Å². The van der Waals surface area contributed by atoms with Crippen LogP contribution in [0.2, 0.25) is 0 Å². The van der Waals surface area contributed by atoms with E-state index in [0.29, 0.717) is 17.7 Å². The lowest BCUT2D eigenvalue weighted by atomic mass is 10.0. The molecule has 0 aliphatic carbocycles. The van der Waals surface area contributed by atoms with Crippen molar-refractivity contribution in [3.63, 3.8) is 0 Å². The van der Waals surface area contributed by atoms with Gasteiger partial charge in [0.1, 0.15) is 17.6 Å². The average molecular weight is 447 g/mol. The van der Waals surface area contributed by atoms with Crippen LogP contribution in [0.5, 0.6) is 5.75 Å². The summed E-state index contributed by atoms with van der Waals surface area (Å²) in [5.41, 5.74) is 1.62. The zero-order valence-corrected chi connectivity index (χ0v) is 18.3. The lowest BCUT2D eigenvalue weighted by Gasteiger charge is -2.31. The van der Waals surface area contributed by atoms with Gasteiger partial charge in [0, 0.05) is 19.5 Å². The second kappa shape index (κ2) is 12.2. The van der Waals surface area contributed by atoms with Gasteiger partial charge in [-0.25, -0.2) is 4.39 Å². The van der Waals surface area contributed by atoms with E-state index >= 15 is 0 Å². The number of carbonyl (C=O) groups excluding carboxylic acids is 2. The maximum Gasteiger partial charge on any atom is 0.261 e. The van der Waals surface area contributed by atoms with Gasteiger partial charge in [0.2, 0.25) is 5.91 Å². The molecule has 2 amide bonds. The Morgan fingerprint density at radius 3 is 2.21 bits per heavy atom. The largest absolute Gasteiger partial charge is 0.484 e. The van der Waals surface area contributed by atoms with E-state index in [1.54, 1.807) is 30.3 Å². The van der Waals surface area contributed by atoms with Crippen LogP contribution in [-0.4, -0.2) is 35.9 Å². The average Bonchev–Trinajstić information content (AvgIpc) is 2.85. The van der Waals surface area contributed by atoms with Crippen LogP contribution in [0.3, 0.4) is 0 Å². The molecule has 0 fully saturated rings. The Kier molecular flexibility index (Phi) is 8.77. The van der Waals surface area contributed by atoms with E-state index in [4.69, 9.17) is 4.74 Å². The van der Waals surface area contributed by atoms with Crippen LogP contribution in [0.4, 0.5) is 4.39 Å². The number of ether oxygens (including phenoxy) is 1. The number of hydrogen-bond donors (Lipinski definition) is 1. The molecular formula is C27H27FN2O3. The van der Waals surface area contributed by atoms with E-state index < -0.39 is 6.04 Å². The highest BCUT2D eigenvalue weighted by Gasteiger charge is 2.30. The fourth-order valence-corrected chi connectivity index (χ4v) is 3.38. The van der Waals surface area contributed by atoms with Gasteiger partial charge in [-0.3, -0.25) is 9.59 Å². The molecule has 1 atom stereocenters. The van der Waals surface area contributed by atoms with Gasteiger partial charge in [-0.15, -0.1) is 6.58 Å². The molecular weight excluding hydrogens is 419 g/mol. The number of benzene rings is 3. The fourth-order valence-electron chi connectivity index (χ4n) is 3.38. The van der Waals surface area contributed by atoms with Crippen molar-refractivity contribution < 1.29 is 18.7 Å². The summed E-state index contributed by atoms with van der Waals surface area (Å²) in [6, 6.07) is 23.6. The third-order valence-electron chi connectivity index (χ3n) is 5.06. The summed E-state index contributed by atoms with van der Waals surface area (Å²) in [5.74, 6) is -0.455. The third-order valence-corrected chi connectivity index (χ3v) is 5.06. The smallest absolute Gasteiger partial charge is 0.261 e. The number of rotatable bonds is 11. The first-order valence-corrected chi connectivity index (χ1v) is 10.7. The highest BCUT2D eigenvalue weighted by atomic mass is 19.1. The predicted molar refractivity (Wildman–Crippen MR) is 126 cm³/mol. The molecule has 0 bridgehead atoms. The quantitative estimate of drug-likeness (QED) is 0.450. The first-order chi connectivity index (χ1) is 16.1. The Bertz CT molecular complexity index is 1040. The third kappa shape index (κ3) is 7.31. The molecule has 0 heterocycles. The molecule has 0 saturated heterocycles. The lowest BCUT2D eigenvalue weighted by molar-refractivity contribution is -0.142. The first-order valence-electron chi connectivity index (χ1n) is 10.7. The highest BCUT2D eigenvalue weighted by Crippen LogP contribution is 2.16. The fraction of sp³-hybridized carbons (Fsp3) is 0.185. The van der Waals surface area contributed by atoms with Crippen molar-refractivity contribution >= 4 is 11.8 Å². The van der Waals surface area contributed by atoms with Crippen LogP contribution in [0, 0.1) is 5.82 Å². The molecule has 3 aromatic rings. The molecule has 1 N–H and O–H groups in total. The molecule has 6 heteroatoms. The molecule has 3 rings (SSSR count). The van der Waals surface area contributed by atoms with Gasteiger partial charge in [0.05, 0.1) is 0 Å². The van der Waals surface area contributed by atoms with Crippen LogP contribution < -0.4 is 10.1 Å². The molecule has 0 unspecified atom stereocenters. The topological polar surface area (TPSA) is 58.6 Å². The maximum atomic E-state index is 13.4. The van der Waals surface area contributed by atoms with Crippen molar-refractivity contribution in [2.75, 3.05) is 13.2 Å². The van der Waals surface area contributed by atoms with E-state index in [2.05, 4.69) is 11.9 Å². The van der Waals surface area contributed by atoms with Crippen LogP contribution >= 0.6 is 0 Å². The second-order valence-corrected chi connectivity index (χ2v) is 7.49. The van der Waals surface area contributed by atoms with Crippen molar-refractivity contribution in [1.82, 2.24) is 10.2 Å². The number of amides is 2. The van der Waals surface area contributed by atoms with E-state index in [1.807, 2.05) is 48.5 Å². The van der Waals surface area contributed by atoms with E-state index in [-0.39, 0.29) is 37.3 Å². The SMILES string of the molecule is C=CCNC(=O)[C@@H](Cc1ccccc1)N(Cc1ccc(F)cc1)C(=O)COc1ccccc1. The molecule has 0 aliphatic heterocycles. The van der Waals surface area contributed by atoms with Crippen molar-refractivity contribution in [2.45, 2.75) is 19.0 Å². The van der Waals surface area contributed by atoms with Gasteiger partial charge in [0.25, 0.3) is 5.91 Å². The zero-order chi connectivity index (χ0) is 23.5. The van der Waals surface area contributed by atoms with Crippen LogP contribution in [0.25, 0.3) is 0 Å². The van der Waals surface area contributed by atoms with E-state index in [9.17, 15) is 14.0 Å². The molecule has 0 aliphatic rings. The van der Waals surface area contributed by atoms with Crippen molar-refractivity contribution in [3.05, 3.63) is 115 Å². The zero-order valence-electron chi connectivity index (χ0n) is 18.3. The minimum atomic E-state index is -0.788. The Balaban J connectivity index is 1.88. The lowest BCUT2D eigenvalue weighted by Crippen LogP contribution is -2.51. The Hall–Kier alpha value is -3.93. The standard InChI is InChI=1S/C27H27FN2O3/c1-2-17-29-27(32)25(18-21-9-5-3-6-10-21)30(19-22-13-15-23(28)16-14-22)26(31)20-33-24-11-7-4-8-12-24/h2-16,25H,1,17-20H2,(H,29,32)/t25-/m1/s1. The molecule has 3 aromatic carbocycles. The van der Waals surface area contributed by atoms with Gasteiger partial charge in [0.15, 0.2) is 6.61 Å². The molecule has 33 heavy (non-hydrogen) atoms. The summed E-state index contributed by atoms with van der Waals surface area (Å²) in [6.07, 6.45) is 1.91. The number of nitrogens with zero attached hydrogens (tertiary/aromatic N) is 1. The van der Waals surface area contributed by atoms with E-state index in [0.717, 1.165) is 5.56 Å². The molecule has 170 valence electrons. The highest BCUT2D eigenvalue weighted by molar-refractivity contribution is 5.88. The summed E-state index contributed by atoms with van der Waals surface area (Å²) in [6.45, 7) is 3.83. The first kappa shape index (κ1) is 23.7. The predicted octanol–water partition coefficient (Wildman–Crippen LogP) is 4.15.